The van der Waals surface area contributed by atoms with Gasteiger partial charge in [0, 0.05) is 26.2 Å². The largest absolute Gasteiger partial charge is 0.465 e. The number of aromatic nitrogens is 2. The van der Waals surface area contributed by atoms with Gasteiger partial charge in [0.15, 0.2) is 0 Å². The number of benzene rings is 1. The fourth-order valence-corrected chi connectivity index (χ4v) is 3.61. The molecule has 1 fully saturated rings. The van der Waals surface area contributed by atoms with E-state index in [0.29, 0.717) is 42.1 Å². The van der Waals surface area contributed by atoms with Crippen molar-refractivity contribution in [3.63, 3.8) is 0 Å². The van der Waals surface area contributed by atoms with Crippen LogP contribution in [0.4, 0.5) is 0 Å². The third-order valence-corrected chi connectivity index (χ3v) is 4.76. The van der Waals surface area contributed by atoms with Crippen molar-refractivity contribution in [3.05, 3.63) is 47.3 Å². The average molecular weight is 340 g/mol. The molecule has 7 nitrogen and oxygen atoms in total. The lowest BCUT2D eigenvalue weighted by Crippen LogP contribution is -2.64. The number of carbonyl (C=O) groups is 2. The Kier molecular flexibility index (Phi) is 3.52. The molecular weight excluding hydrogens is 320 g/mol. The van der Waals surface area contributed by atoms with Crippen LogP contribution in [0.25, 0.3) is 0 Å². The zero-order valence-electron chi connectivity index (χ0n) is 14.3. The van der Waals surface area contributed by atoms with E-state index in [4.69, 9.17) is 4.74 Å². The molecule has 25 heavy (non-hydrogen) atoms. The van der Waals surface area contributed by atoms with Crippen LogP contribution >= 0.6 is 0 Å². The maximum atomic E-state index is 12.9. The Labute approximate surface area is 145 Å². The first-order valence-corrected chi connectivity index (χ1v) is 8.37. The summed E-state index contributed by atoms with van der Waals surface area (Å²) < 4.78 is 7.77. The molecule has 0 saturated carbocycles. The molecule has 1 atom stereocenters. The van der Waals surface area contributed by atoms with Crippen molar-refractivity contribution in [2.45, 2.75) is 25.5 Å². The van der Waals surface area contributed by atoms with Gasteiger partial charge in [-0.3, -0.25) is 14.3 Å². The van der Waals surface area contributed by atoms with Crippen molar-refractivity contribution in [1.29, 1.82) is 0 Å². The number of hydrogen-bond acceptors (Lipinski definition) is 4. The minimum absolute atomic E-state index is 0.0821. The molecule has 1 spiro atoms. The summed E-state index contributed by atoms with van der Waals surface area (Å²) in [6, 6.07) is 7.18. The maximum absolute atomic E-state index is 12.9. The Morgan fingerprint density at radius 1 is 1.36 bits per heavy atom. The topological polar surface area (TPSA) is 76.5 Å². The predicted octanol–water partition coefficient (Wildman–Crippen LogP) is 1.48. The number of rotatable bonds is 1. The van der Waals surface area contributed by atoms with Gasteiger partial charge in [-0.05, 0) is 25.5 Å². The molecule has 130 valence electrons. The van der Waals surface area contributed by atoms with Crippen molar-refractivity contribution in [3.8, 4) is 5.75 Å². The molecule has 2 aliphatic rings. The molecule has 1 N–H and O–H groups in total. The summed E-state index contributed by atoms with van der Waals surface area (Å²) in [4.78, 5) is 27.1. The number of likely N-dealkylation sites (tertiary alicyclic amines) is 1. The normalized spacial score (nSPS) is 22.3. The molecule has 7 heteroatoms. The summed E-state index contributed by atoms with van der Waals surface area (Å²) in [6.45, 7) is 2.78. The molecule has 2 aromatic rings. The lowest BCUT2D eigenvalue weighted by Gasteiger charge is -2.45. The number of fused-ring (bicyclic) bond motifs is 1. The molecule has 2 aliphatic heterocycles. The van der Waals surface area contributed by atoms with Crippen LogP contribution in [0, 0.1) is 6.92 Å². The summed E-state index contributed by atoms with van der Waals surface area (Å²) in [5.74, 6) is 0.327. The third kappa shape index (κ3) is 2.65. The van der Waals surface area contributed by atoms with Gasteiger partial charge in [0.05, 0.1) is 23.4 Å². The van der Waals surface area contributed by atoms with E-state index in [0.717, 1.165) is 6.42 Å². The number of nitrogens with zero attached hydrogens (tertiary/aromatic N) is 3. The van der Waals surface area contributed by atoms with E-state index >= 15 is 0 Å². The Balaban J connectivity index is 1.60. The van der Waals surface area contributed by atoms with E-state index in [-0.39, 0.29) is 11.8 Å². The Bertz CT molecular complexity index is 860. The molecule has 0 radical (unpaired) electrons. The summed E-state index contributed by atoms with van der Waals surface area (Å²) in [5.41, 5.74) is 0.947. The van der Waals surface area contributed by atoms with Crippen molar-refractivity contribution < 1.29 is 14.3 Å². The average Bonchev–Trinajstić information content (AvgIpc) is 2.92. The van der Waals surface area contributed by atoms with E-state index < -0.39 is 5.72 Å². The Hall–Kier alpha value is -2.83. The first-order valence-electron chi connectivity index (χ1n) is 8.37. The highest BCUT2D eigenvalue weighted by atomic mass is 16.5. The number of hydrogen-bond donors (Lipinski definition) is 1. The predicted molar refractivity (Wildman–Crippen MR) is 90.3 cm³/mol. The number of piperidine rings is 1. The summed E-state index contributed by atoms with van der Waals surface area (Å²) in [7, 11) is 1.79. The van der Waals surface area contributed by atoms with Crippen LogP contribution in [-0.2, 0) is 7.05 Å². The van der Waals surface area contributed by atoms with Crippen LogP contribution in [0.15, 0.2) is 30.5 Å². The van der Waals surface area contributed by atoms with Crippen molar-refractivity contribution in [1.82, 2.24) is 20.0 Å². The summed E-state index contributed by atoms with van der Waals surface area (Å²) >= 11 is 0. The fraction of sp³-hybridized carbons (Fsp3) is 0.389. The van der Waals surface area contributed by atoms with Crippen LogP contribution in [-0.4, -0.2) is 45.3 Å². The molecular formula is C18H20N4O3. The maximum Gasteiger partial charge on any atom is 0.258 e. The highest BCUT2D eigenvalue weighted by Gasteiger charge is 2.44. The molecule has 1 aromatic carbocycles. The van der Waals surface area contributed by atoms with Gasteiger partial charge in [-0.2, -0.15) is 5.10 Å². The first kappa shape index (κ1) is 15.7. The van der Waals surface area contributed by atoms with Crippen molar-refractivity contribution in [2.24, 2.45) is 7.05 Å². The zero-order valence-corrected chi connectivity index (χ0v) is 14.3. The van der Waals surface area contributed by atoms with Crippen LogP contribution in [0.5, 0.6) is 5.75 Å². The first-order chi connectivity index (χ1) is 12.0. The molecule has 0 bridgehead atoms. The van der Waals surface area contributed by atoms with Gasteiger partial charge in [0.25, 0.3) is 11.8 Å². The van der Waals surface area contributed by atoms with E-state index in [1.807, 2.05) is 19.1 Å². The number of ether oxygens (including phenoxy) is 1. The van der Waals surface area contributed by atoms with E-state index in [2.05, 4.69) is 10.4 Å². The Morgan fingerprint density at radius 2 is 2.16 bits per heavy atom. The highest BCUT2D eigenvalue weighted by Crippen LogP contribution is 2.33. The SMILES string of the molecule is Cc1nn(C)cc1C(=O)N1CCCC2(C1)NC(=O)c1ccccc1O2. The van der Waals surface area contributed by atoms with Crippen LogP contribution < -0.4 is 10.1 Å². The number of aryl methyl sites for hydroxylation is 2. The van der Waals surface area contributed by atoms with E-state index in [1.54, 1.807) is 35.0 Å². The van der Waals surface area contributed by atoms with Gasteiger partial charge in [0.2, 0.25) is 5.72 Å². The zero-order chi connectivity index (χ0) is 17.6. The fourth-order valence-electron chi connectivity index (χ4n) is 3.61. The second-order valence-corrected chi connectivity index (χ2v) is 6.68. The lowest BCUT2D eigenvalue weighted by molar-refractivity contribution is -0.0314. The van der Waals surface area contributed by atoms with Gasteiger partial charge < -0.3 is 15.0 Å². The Morgan fingerprint density at radius 3 is 2.92 bits per heavy atom. The minimum atomic E-state index is -0.866. The second-order valence-electron chi connectivity index (χ2n) is 6.68. The van der Waals surface area contributed by atoms with E-state index in [9.17, 15) is 9.59 Å². The molecule has 4 rings (SSSR count). The number of carbonyl (C=O) groups excluding carboxylic acids is 2. The molecule has 1 unspecified atom stereocenters. The molecule has 3 heterocycles. The van der Waals surface area contributed by atoms with Crippen LogP contribution in [0.2, 0.25) is 0 Å². The van der Waals surface area contributed by atoms with Crippen LogP contribution in [0.1, 0.15) is 39.3 Å². The van der Waals surface area contributed by atoms with Crippen molar-refractivity contribution in [2.75, 3.05) is 13.1 Å². The van der Waals surface area contributed by atoms with Crippen LogP contribution in [0.3, 0.4) is 0 Å². The molecule has 2 amide bonds. The third-order valence-electron chi connectivity index (χ3n) is 4.76. The van der Waals surface area contributed by atoms with E-state index in [1.165, 1.54) is 0 Å². The molecule has 1 aromatic heterocycles. The molecule has 0 aliphatic carbocycles. The number of para-hydroxylation sites is 1. The van der Waals surface area contributed by atoms with Gasteiger partial charge in [-0.15, -0.1) is 0 Å². The molecule has 1 saturated heterocycles. The number of nitrogens with one attached hydrogen (secondary N) is 1. The smallest absolute Gasteiger partial charge is 0.258 e. The minimum Gasteiger partial charge on any atom is -0.465 e. The second kappa shape index (κ2) is 5.61. The monoisotopic (exact) mass is 340 g/mol. The van der Waals surface area contributed by atoms with Crippen molar-refractivity contribution >= 4 is 11.8 Å². The highest BCUT2D eigenvalue weighted by molar-refractivity contribution is 5.98. The summed E-state index contributed by atoms with van der Waals surface area (Å²) in [5, 5.41) is 7.21. The standard InChI is InChI=1S/C18H20N4O3/c1-12-14(10-21(2)20-12)17(24)22-9-5-8-18(11-22)19-16(23)13-6-3-4-7-15(13)25-18/h3-4,6-7,10H,5,8-9,11H2,1-2H3,(H,19,23). The number of amides is 2. The summed E-state index contributed by atoms with van der Waals surface area (Å²) in [6.07, 6.45) is 3.16. The van der Waals surface area contributed by atoms with Gasteiger partial charge in [-0.1, -0.05) is 12.1 Å². The quantitative estimate of drug-likeness (QED) is 0.853. The van der Waals surface area contributed by atoms with Gasteiger partial charge in [0.1, 0.15) is 5.75 Å². The van der Waals surface area contributed by atoms with Gasteiger partial charge >= 0.3 is 0 Å². The lowest BCUT2D eigenvalue weighted by atomic mass is 9.97. The van der Waals surface area contributed by atoms with Gasteiger partial charge in [-0.25, -0.2) is 0 Å².